The van der Waals surface area contributed by atoms with Crippen molar-refractivity contribution in [3.8, 4) is 0 Å². The molecule has 1 amide bonds. The molecule has 1 atom stereocenters. The summed E-state index contributed by atoms with van der Waals surface area (Å²) in [5, 5.41) is 2.15. The smallest absolute Gasteiger partial charge is 0.418 e. The van der Waals surface area contributed by atoms with Gasteiger partial charge >= 0.3 is 12.1 Å². The molecule has 0 spiro atoms. The Kier molecular flexibility index (Phi) is 5.46. The van der Waals surface area contributed by atoms with Crippen LogP contribution in [-0.2, 0) is 15.7 Å². The highest BCUT2D eigenvalue weighted by Gasteiger charge is 2.34. The minimum Gasteiger partial charge on any atom is -0.449 e. The second-order valence-corrected chi connectivity index (χ2v) is 5.40. The number of amides is 1. The molecule has 1 N–H and O–H groups in total. The fraction of sp³-hybridized carbons (Fsp3) is 0.222. The number of ether oxygens (including phenoxy) is 1. The fourth-order valence-corrected chi connectivity index (χ4v) is 2.15. The van der Waals surface area contributed by atoms with Crippen LogP contribution in [0.1, 0.15) is 28.4 Å². The van der Waals surface area contributed by atoms with Gasteiger partial charge in [-0.1, -0.05) is 30.3 Å². The molecular weight excluding hydrogens is 335 g/mol. The molecule has 4 nitrogen and oxygen atoms in total. The van der Waals surface area contributed by atoms with Crippen molar-refractivity contribution in [2.75, 3.05) is 5.32 Å². The number of nitrogens with one attached hydrogen (secondary N) is 1. The van der Waals surface area contributed by atoms with Gasteiger partial charge in [0.25, 0.3) is 5.91 Å². The maximum atomic E-state index is 12.9. The molecule has 0 saturated heterocycles. The van der Waals surface area contributed by atoms with Crippen LogP contribution in [0.2, 0.25) is 0 Å². The largest absolute Gasteiger partial charge is 0.449 e. The van der Waals surface area contributed by atoms with Crippen LogP contribution in [-0.4, -0.2) is 18.0 Å². The zero-order valence-electron chi connectivity index (χ0n) is 13.6. The number of benzene rings is 2. The molecule has 0 fully saturated rings. The van der Waals surface area contributed by atoms with Crippen molar-refractivity contribution in [1.82, 2.24) is 0 Å². The minimum atomic E-state index is -4.61. The quantitative estimate of drug-likeness (QED) is 0.840. The normalized spacial score (nSPS) is 12.4. The van der Waals surface area contributed by atoms with E-state index in [0.29, 0.717) is 5.56 Å². The molecule has 0 aliphatic rings. The average Bonchev–Trinajstić information content (AvgIpc) is 2.54. The molecule has 0 radical (unpaired) electrons. The number of carbonyl (C=O) groups is 2. The number of alkyl halides is 3. The van der Waals surface area contributed by atoms with Gasteiger partial charge in [-0.05, 0) is 37.6 Å². The third-order valence-corrected chi connectivity index (χ3v) is 3.51. The molecule has 0 heterocycles. The molecule has 0 unspecified atom stereocenters. The second-order valence-electron chi connectivity index (χ2n) is 5.40. The Morgan fingerprint density at radius 3 is 2.28 bits per heavy atom. The highest BCUT2D eigenvalue weighted by molar-refractivity contribution is 5.98. The lowest BCUT2D eigenvalue weighted by atomic mass is 10.1. The Morgan fingerprint density at radius 2 is 1.64 bits per heavy atom. The van der Waals surface area contributed by atoms with E-state index < -0.39 is 35.4 Å². The van der Waals surface area contributed by atoms with Crippen molar-refractivity contribution < 1.29 is 27.5 Å². The number of aryl methyl sites for hydroxylation is 1. The Morgan fingerprint density at radius 1 is 1.04 bits per heavy atom. The first kappa shape index (κ1) is 18.5. The topological polar surface area (TPSA) is 55.4 Å². The van der Waals surface area contributed by atoms with E-state index in [1.807, 2.05) is 0 Å². The van der Waals surface area contributed by atoms with Gasteiger partial charge in [0.05, 0.1) is 16.8 Å². The van der Waals surface area contributed by atoms with Crippen LogP contribution >= 0.6 is 0 Å². The molecule has 0 aromatic heterocycles. The molecular formula is C18H16F3NO3. The average molecular weight is 351 g/mol. The summed E-state index contributed by atoms with van der Waals surface area (Å²) in [6, 6.07) is 11.2. The van der Waals surface area contributed by atoms with E-state index >= 15 is 0 Å². The van der Waals surface area contributed by atoms with Crippen molar-refractivity contribution >= 4 is 17.6 Å². The van der Waals surface area contributed by atoms with E-state index in [1.54, 1.807) is 31.2 Å². The maximum absolute atomic E-state index is 12.9. The standard InChI is InChI=1S/C18H16F3NO3/c1-11-7-3-4-8-13(11)17(24)25-12(2)16(23)22-15-10-6-5-9-14(15)18(19,20)21/h3-10,12H,1-2H3,(H,22,23)/t12-/m1/s1. The Bertz CT molecular complexity index is 787. The summed E-state index contributed by atoms with van der Waals surface area (Å²) < 4.78 is 43.9. The molecule has 132 valence electrons. The van der Waals surface area contributed by atoms with Crippen LogP contribution in [0, 0.1) is 6.92 Å². The minimum absolute atomic E-state index is 0.290. The number of hydrogen-bond acceptors (Lipinski definition) is 3. The molecule has 2 rings (SSSR count). The van der Waals surface area contributed by atoms with E-state index in [2.05, 4.69) is 5.32 Å². The highest BCUT2D eigenvalue weighted by Crippen LogP contribution is 2.34. The van der Waals surface area contributed by atoms with Crippen LogP contribution < -0.4 is 5.32 Å². The van der Waals surface area contributed by atoms with E-state index in [4.69, 9.17) is 4.74 Å². The lowest BCUT2D eigenvalue weighted by molar-refractivity contribution is -0.137. The molecule has 0 aliphatic carbocycles. The number of para-hydroxylation sites is 1. The summed E-state index contributed by atoms with van der Waals surface area (Å²) in [6.45, 7) is 3.00. The molecule has 0 aliphatic heterocycles. The monoisotopic (exact) mass is 351 g/mol. The van der Waals surface area contributed by atoms with Gasteiger partial charge in [-0.15, -0.1) is 0 Å². The van der Waals surface area contributed by atoms with Gasteiger partial charge in [-0.2, -0.15) is 13.2 Å². The van der Waals surface area contributed by atoms with Crippen molar-refractivity contribution in [1.29, 1.82) is 0 Å². The number of rotatable bonds is 4. The molecule has 0 saturated carbocycles. The third-order valence-electron chi connectivity index (χ3n) is 3.51. The zero-order chi connectivity index (χ0) is 18.6. The van der Waals surface area contributed by atoms with E-state index in [0.717, 1.165) is 12.1 Å². The van der Waals surface area contributed by atoms with Crippen molar-refractivity contribution in [2.24, 2.45) is 0 Å². The summed E-state index contributed by atoms with van der Waals surface area (Å²) in [4.78, 5) is 24.2. The Labute approximate surface area is 142 Å². The summed E-state index contributed by atoms with van der Waals surface area (Å²) in [6.07, 6.45) is -5.86. The third kappa shape index (κ3) is 4.59. The van der Waals surface area contributed by atoms with Gasteiger partial charge in [-0.25, -0.2) is 4.79 Å². The first-order chi connectivity index (χ1) is 11.7. The number of hydrogen-bond donors (Lipinski definition) is 1. The van der Waals surface area contributed by atoms with E-state index in [9.17, 15) is 22.8 Å². The van der Waals surface area contributed by atoms with Gasteiger partial charge in [0, 0.05) is 0 Å². The van der Waals surface area contributed by atoms with E-state index in [1.165, 1.54) is 19.1 Å². The Hall–Kier alpha value is -2.83. The first-order valence-corrected chi connectivity index (χ1v) is 7.44. The molecule has 7 heteroatoms. The summed E-state index contributed by atoms with van der Waals surface area (Å²) in [5.41, 5.74) is -0.403. The number of esters is 1. The zero-order valence-corrected chi connectivity index (χ0v) is 13.6. The lowest BCUT2D eigenvalue weighted by Gasteiger charge is -2.17. The fourth-order valence-electron chi connectivity index (χ4n) is 2.15. The summed E-state index contributed by atoms with van der Waals surface area (Å²) in [5.74, 6) is -1.57. The van der Waals surface area contributed by atoms with E-state index in [-0.39, 0.29) is 5.56 Å². The number of halogens is 3. The van der Waals surface area contributed by atoms with Gasteiger partial charge in [0.2, 0.25) is 0 Å². The summed E-state index contributed by atoms with van der Waals surface area (Å²) >= 11 is 0. The number of anilines is 1. The predicted octanol–water partition coefficient (Wildman–Crippen LogP) is 4.20. The van der Waals surface area contributed by atoms with Crippen molar-refractivity contribution in [3.63, 3.8) is 0 Å². The molecule has 0 bridgehead atoms. The van der Waals surface area contributed by atoms with Gasteiger partial charge in [0.1, 0.15) is 0 Å². The van der Waals surface area contributed by atoms with Gasteiger partial charge in [0.15, 0.2) is 6.10 Å². The lowest BCUT2D eigenvalue weighted by Crippen LogP contribution is -2.31. The van der Waals surface area contributed by atoms with Crippen LogP contribution in [0.3, 0.4) is 0 Å². The van der Waals surface area contributed by atoms with Crippen molar-refractivity contribution in [3.05, 3.63) is 65.2 Å². The predicted molar refractivity (Wildman–Crippen MR) is 86.1 cm³/mol. The second kappa shape index (κ2) is 7.38. The molecule has 2 aromatic rings. The highest BCUT2D eigenvalue weighted by atomic mass is 19.4. The summed E-state index contributed by atoms with van der Waals surface area (Å²) in [7, 11) is 0. The SMILES string of the molecule is Cc1ccccc1C(=O)O[C@H](C)C(=O)Nc1ccccc1C(F)(F)F. The first-order valence-electron chi connectivity index (χ1n) is 7.44. The van der Waals surface area contributed by atoms with Crippen LogP contribution in [0.15, 0.2) is 48.5 Å². The van der Waals surface area contributed by atoms with Gasteiger partial charge < -0.3 is 10.1 Å². The van der Waals surface area contributed by atoms with Gasteiger partial charge in [-0.3, -0.25) is 4.79 Å². The van der Waals surface area contributed by atoms with Crippen LogP contribution in [0.25, 0.3) is 0 Å². The number of carbonyl (C=O) groups excluding carboxylic acids is 2. The Balaban J connectivity index is 2.09. The molecule has 25 heavy (non-hydrogen) atoms. The van der Waals surface area contributed by atoms with Crippen LogP contribution in [0.5, 0.6) is 0 Å². The molecule has 2 aromatic carbocycles. The van der Waals surface area contributed by atoms with Crippen molar-refractivity contribution in [2.45, 2.75) is 26.1 Å². The maximum Gasteiger partial charge on any atom is 0.418 e. The van der Waals surface area contributed by atoms with Crippen LogP contribution in [0.4, 0.5) is 18.9 Å².